The van der Waals surface area contributed by atoms with E-state index in [9.17, 15) is 4.79 Å². The predicted molar refractivity (Wildman–Crippen MR) is 84.6 cm³/mol. The van der Waals surface area contributed by atoms with Crippen LogP contribution in [0.15, 0.2) is 54.6 Å². The van der Waals surface area contributed by atoms with Crippen LogP contribution in [0.3, 0.4) is 0 Å². The van der Waals surface area contributed by atoms with Crippen molar-refractivity contribution in [3.05, 3.63) is 60.2 Å². The maximum Gasteiger partial charge on any atom is 0.239 e. The highest BCUT2D eigenvalue weighted by atomic mass is 16.5. The van der Waals surface area contributed by atoms with Crippen LogP contribution < -0.4 is 15.4 Å². The highest BCUT2D eigenvalue weighted by Crippen LogP contribution is 2.17. The molecule has 0 aromatic heterocycles. The zero-order chi connectivity index (χ0) is 14.9. The molecule has 21 heavy (non-hydrogen) atoms. The van der Waals surface area contributed by atoms with Crippen LogP contribution in [0.2, 0.25) is 0 Å². The van der Waals surface area contributed by atoms with Gasteiger partial charge in [0, 0.05) is 25.2 Å². The summed E-state index contributed by atoms with van der Waals surface area (Å²) in [6.45, 7) is 0.882. The number of benzene rings is 2. The lowest BCUT2D eigenvalue weighted by molar-refractivity contribution is -0.118. The summed E-state index contributed by atoms with van der Waals surface area (Å²) in [5.74, 6) is 0.748. The molecule has 1 amide bonds. The summed E-state index contributed by atoms with van der Waals surface area (Å²) in [4.78, 5) is 11.2. The van der Waals surface area contributed by atoms with E-state index in [4.69, 9.17) is 4.74 Å². The highest BCUT2D eigenvalue weighted by molar-refractivity contribution is 5.80. The van der Waals surface area contributed by atoms with Gasteiger partial charge in [0.05, 0.1) is 13.2 Å². The van der Waals surface area contributed by atoms with E-state index in [0.29, 0.717) is 6.61 Å². The quantitative estimate of drug-likeness (QED) is 0.821. The van der Waals surface area contributed by atoms with Gasteiger partial charge < -0.3 is 15.4 Å². The predicted octanol–water partition coefficient (Wildman–Crippen LogP) is 2.47. The van der Waals surface area contributed by atoms with Crippen molar-refractivity contribution >= 4 is 11.6 Å². The molecule has 0 unspecified atom stereocenters. The molecule has 2 N–H and O–H groups in total. The third-order valence-electron chi connectivity index (χ3n) is 3.07. The van der Waals surface area contributed by atoms with Gasteiger partial charge in [-0.25, -0.2) is 0 Å². The summed E-state index contributed by atoms with van der Waals surface area (Å²) in [5, 5.41) is 5.62. The second kappa shape index (κ2) is 7.94. The standard InChI is InChI=1S/C17H20N2O2/c1-18-17(20)13-19-15-8-5-9-16(12-15)21-11-10-14-6-3-2-4-7-14/h2-9,12,19H,10-11,13H2,1H3,(H,18,20). The average molecular weight is 284 g/mol. The molecule has 0 saturated heterocycles. The molecule has 0 saturated carbocycles. The fourth-order valence-corrected chi connectivity index (χ4v) is 1.90. The lowest BCUT2D eigenvalue weighted by Crippen LogP contribution is -2.26. The fraction of sp³-hybridized carbons (Fsp3) is 0.235. The summed E-state index contributed by atoms with van der Waals surface area (Å²) in [7, 11) is 1.62. The maximum absolute atomic E-state index is 11.2. The Labute approximate surface area is 125 Å². The van der Waals surface area contributed by atoms with Crippen molar-refractivity contribution in [3.8, 4) is 5.75 Å². The molecule has 2 aromatic carbocycles. The largest absolute Gasteiger partial charge is 0.493 e. The van der Waals surface area contributed by atoms with Crippen molar-refractivity contribution in [2.24, 2.45) is 0 Å². The fourth-order valence-electron chi connectivity index (χ4n) is 1.90. The normalized spacial score (nSPS) is 9.95. The van der Waals surface area contributed by atoms with E-state index in [1.54, 1.807) is 7.05 Å². The minimum atomic E-state index is -0.0506. The van der Waals surface area contributed by atoms with Gasteiger partial charge in [-0.2, -0.15) is 0 Å². The van der Waals surface area contributed by atoms with Crippen LogP contribution in [0.4, 0.5) is 5.69 Å². The molecule has 0 atom stereocenters. The summed E-state index contributed by atoms with van der Waals surface area (Å²) >= 11 is 0. The van der Waals surface area contributed by atoms with Crippen molar-refractivity contribution in [1.29, 1.82) is 0 Å². The molecule has 0 fully saturated rings. The molecule has 0 radical (unpaired) electrons. The highest BCUT2D eigenvalue weighted by Gasteiger charge is 2.00. The topological polar surface area (TPSA) is 50.4 Å². The molecule has 0 aliphatic carbocycles. The number of anilines is 1. The van der Waals surface area contributed by atoms with Crippen LogP contribution in [0.1, 0.15) is 5.56 Å². The van der Waals surface area contributed by atoms with Crippen LogP contribution in [0.25, 0.3) is 0 Å². The summed E-state index contributed by atoms with van der Waals surface area (Å²) < 4.78 is 5.74. The van der Waals surface area contributed by atoms with E-state index in [2.05, 4.69) is 22.8 Å². The third-order valence-corrected chi connectivity index (χ3v) is 3.07. The molecule has 4 heteroatoms. The Kier molecular flexibility index (Phi) is 5.64. The lowest BCUT2D eigenvalue weighted by atomic mass is 10.2. The van der Waals surface area contributed by atoms with Crippen molar-refractivity contribution < 1.29 is 9.53 Å². The Balaban J connectivity index is 1.82. The van der Waals surface area contributed by atoms with Gasteiger partial charge in [-0.3, -0.25) is 4.79 Å². The lowest BCUT2D eigenvalue weighted by Gasteiger charge is -2.09. The minimum absolute atomic E-state index is 0.0506. The van der Waals surface area contributed by atoms with Crippen molar-refractivity contribution in [3.63, 3.8) is 0 Å². The van der Waals surface area contributed by atoms with Gasteiger partial charge in [0.2, 0.25) is 5.91 Å². The molecule has 2 rings (SSSR count). The number of hydrogen-bond donors (Lipinski definition) is 2. The van der Waals surface area contributed by atoms with Gasteiger partial charge in [-0.15, -0.1) is 0 Å². The zero-order valence-corrected chi connectivity index (χ0v) is 12.1. The Hall–Kier alpha value is -2.49. The van der Waals surface area contributed by atoms with Gasteiger partial charge in [0.15, 0.2) is 0 Å². The summed E-state index contributed by atoms with van der Waals surface area (Å²) in [6.07, 6.45) is 0.872. The van der Waals surface area contributed by atoms with Crippen LogP contribution in [-0.4, -0.2) is 26.1 Å². The van der Waals surface area contributed by atoms with Gasteiger partial charge in [0.25, 0.3) is 0 Å². The van der Waals surface area contributed by atoms with Gasteiger partial charge in [-0.05, 0) is 17.7 Å². The molecule has 110 valence electrons. The van der Waals surface area contributed by atoms with E-state index in [-0.39, 0.29) is 12.5 Å². The van der Waals surface area contributed by atoms with E-state index >= 15 is 0 Å². The maximum atomic E-state index is 11.2. The first kappa shape index (κ1) is 14.9. The van der Waals surface area contributed by atoms with Gasteiger partial charge >= 0.3 is 0 Å². The molecule has 4 nitrogen and oxygen atoms in total. The van der Waals surface area contributed by atoms with Crippen LogP contribution >= 0.6 is 0 Å². The summed E-state index contributed by atoms with van der Waals surface area (Å²) in [6, 6.07) is 17.9. The number of amides is 1. The monoisotopic (exact) mass is 284 g/mol. The first-order valence-corrected chi connectivity index (χ1v) is 6.99. The van der Waals surface area contributed by atoms with E-state index in [0.717, 1.165) is 17.9 Å². The molecule has 0 aliphatic heterocycles. The molecule has 0 aliphatic rings. The first-order chi connectivity index (χ1) is 10.3. The second-order valence-corrected chi connectivity index (χ2v) is 4.64. The third kappa shape index (κ3) is 5.18. The van der Waals surface area contributed by atoms with Crippen molar-refractivity contribution in [2.75, 3.05) is 25.5 Å². The smallest absolute Gasteiger partial charge is 0.239 e. The number of ether oxygens (including phenoxy) is 1. The summed E-state index contributed by atoms with van der Waals surface area (Å²) in [5.41, 5.74) is 2.13. The van der Waals surface area contributed by atoms with E-state index < -0.39 is 0 Å². The van der Waals surface area contributed by atoms with Crippen molar-refractivity contribution in [1.82, 2.24) is 5.32 Å². The van der Waals surface area contributed by atoms with Crippen molar-refractivity contribution in [2.45, 2.75) is 6.42 Å². The van der Waals surface area contributed by atoms with E-state index in [1.165, 1.54) is 5.56 Å². The number of carbonyl (C=O) groups excluding carboxylic acids is 1. The SMILES string of the molecule is CNC(=O)CNc1cccc(OCCc2ccccc2)c1. The Morgan fingerprint density at radius 3 is 2.67 bits per heavy atom. The van der Waals surface area contributed by atoms with Crippen LogP contribution in [-0.2, 0) is 11.2 Å². The zero-order valence-electron chi connectivity index (χ0n) is 12.1. The molecule has 0 heterocycles. The molecule has 0 spiro atoms. The molecule has 2 aromatic rings. The van der Waals surface area contributed by atoms with Crippen LogP contribution in [0, 0.1) is 0 Å². The molecule has 0 bridgehead atoms. The molecular formula is C17H20N2O2. The Morgan fingerprint density at radius 2 is 1.90 bits per heavy atom. The number of hydrogen-bond acceptors (Lipinski definition) is 3. The van der Waals surface area contributed by atoms with Gasteiger partial charge in [-0.1, -0.05) is 36.4 Å². The number of likely N-dealkylation sites (N-methyl/N-ethyl adjacent to an activating group) is 1. The molecular weight excluding hydrogens is 264 g/mol. The number of nitrogens with one attached hydrogen (secondary N) is 2. The second-order valence-electron chi connectivity index (χ2n) is 4.64. The van der Waals surface area contributed by atoms with Crippen LogP contribution in [0.5, 0.6) is 5.75 Å². The Bertz CT molecular complexity index is 570. The number of rotatable bonds is 7. The minimum Gasteiger partial charge on any atom is -0.493 e. The van der Waals surface area contributed by atoms with Gasteiger partial charge in [0.1, 0.15) is 5.75 Å². The Morgan fingerprint density at radius 1 is 1.10 bits per heavy atom. The average Bonchev–Trinajstić information content (AvgIpc) is 2.54. The van der Waals surface area contributed by atoms with E-state index in [1.807, 2.05) is 42.5 Å². The number of carbonyl (C=O) groups is 1. The first-order valence-electron chi connectivity index (χ1n) is 6.99.